The van der Waals surface area contributed by atoms with Gasteiger partial charge in [0.15, 0.2) is 5.75 Å². The van der Waals surface area contributed by atoms with Gasteiger partial charge in [-0.3, -0.25) is 10.1 Å². The van der Waals surface area contributed by atoms with Gasteiger partial charge in [0, 0.05) is 12.5 Å². The van der Waals surface area contributed by atoms with Crippen LogP contribution in [0.25, 0.3) is 0 Å². The maximum Gasteiger partial charge on any atom is 0.311 e. The van der Waals surface area contributed by atoms with Crippen molar-refractivity contribution in [1.29, 1.82) is 5.26 Å². The fourth-order valence-electron chi connectivity index (χ4n) is 2.76. The van der Waals surface area contributed by atoms with E-state index in [4.69, 9.17) is 4.74 Å². The average molecular weight is 289 g/mol. The normalized spacial score (nSPS) is 25.1. The molecule has 1 fully saturated rings. The van der Waals surface area contributed by atoms with Gasteiger partial charge in [0.05, 0.1) is 11.0 Å². The number of nitriles is 1. The zero-order valence-corrected chi connectivity index (χ0v) is 12.3. The van der Waals surface area contributed by atoms with E-state index in [1.165, 1.54) is 6.07 Å². The third kappa shape index (κ3) is 3.31. The van der Waals surface area contributed by atoms with Gasteiger partial charge in [-0.1, -0.05) is 6.07 Å². The lowest BCUT2D eigenvalue weighted by atomic mass is 9.81. The fourth-order valence-corrected chi connectivity index (χ4v) is 2.76. The van der Waals surface area contributed by atoms with Crippen molar-refractivity contribution in [2.24, 2.45) is 0 Å². The van der Waals surface area contributed by atoms with E-state index in [0.717, 1.165) is 24.8 Å². The quantitative estimate of drug-likeness (QED) is 0.680. The summed E-state index contributed by atoms with van der Waals surface area (Å²) in [6.07, 6.45) is 2.78. The molecule has 0 bridgehead atoms. The number of nitrogens with one attached hydrogen (secondary N) is 1. The summed E-state index contributed by atoms with van der Waals surface area (Å²) in [7, 11) is 1.76. The van der Waals surface area contributed by atoms with Gasteiger partial charge in [0.2, 0.25) is 0 Å². The molecule has 2 atom stereocenters. The first-order chi connectivity index (χ1) is 9.99. The highest BCUT2D eigenvalue weighted by molar-refractivity contribution is 5.48. The minimum Gasteiger partial charge on any atom is -0.483 e. The second-order valence-electron chi connectivity index (χ2n) is 5.51. The molecule has 0 heterocycles. The van der Waals surface area contributed by atoms with E-state index >= 15 is 0 Å². The topological polar surface area (TPSA) is 88.2 Å². The minimum atomic E-state index is -0.595. The Morgan fingerprint density at radius 1 is 1.57 bits per heavy atom. The van der Waals surface area contributed by atoms with Gasteiger partial charge >= 0.3 is 5.69 Å². The zero-order valence-electron chi connectivity index (χ0n) is 12.3. The van der Waals surface area contributed by atoms with E-state index < -0.39 is 10.5 Å². The lowest BCUT2D eigenvalue weighted by Gasteiger charge is -2.35. The molecular formula is C15H19N3O3. The maximum absolute atomic E-state index is 11.1. The second kappa shape index (κ2) is 6.10. The summed E-state index contributed by atoms with van der Waals surface area (Å²) in [6, 6.07) is 7.24. The monoisotopic (exact) mass is 289 g/mol. The summed E-state index contributed by atoms with van der Waals surface area (Å²) in [4.78, 5) is 10.7. The molecule has 0 aliphatic heterocycles. The summed E-state index contributed by atoms with van der Waals surface area (Å²) in [5.74, 6) is 0.278. The van der Waals surface area contributed by atoms with Crippen LogP contribution in [0, 0.1) is 28.4 Å². The molecule has 1 aromatic rings. The zero-order chi connectivity index (χ0) is 15.5. The largest absolute Gasteiger partial charge is 0.483 e. The predicted octanol–water partition coefficient (Wildman–Crippen LogP) is 2.71. The summed E-state index contributed by atoms with van der Waals surface area (Å²) in [5, 5.41) is 23.5. The van der Waals surface area contributed by atoms with Gasteiger partial charge in [-0.05, 0) is 44.9 Å². The molecule has 2 rings (SSSR count). The first-order valence-electron chi connectivity index (χ1n) is 7.01. The summed E-state index contributed by atoms with van der Waals surface area (Å²) < 4.78 is 5.83. The molecule has 0 spiro atoms. The van der Waals surface area contributed by atoms with Gasteiger partial charge in [0.1, 0.15) is 11.6 Å². The Morgan fingerprint density at radius 2 is 2.33 bits per heavy atom. The Morgan fingerprint density at radius 3 is 2.95 bits per heavy atom. The minimum absolute atomic E-state index is 0.0208. The first kappa shape index (κ1) is 15.3. The van der Waals surface area contributed by atoms with Crippen LogP contribution in [-0.4, -0.2) is 23.6 Å². The SMILES string of the molecule is CNC1(C#N)CCCC(Oc2ccc(C)cc2[N+](=O)[O-])C1. The van der Waals surface area contributed by atoms with E-state index in [-0.39, 0.29) is 17.5 Å². The molecule has 112 valence electrons. The summed E-state index contributed by atoms with van der Waals surface area (Å²) in [6.45, 7) is 1.80. The number of ether oxygens (including phenoxy) is 1. The molecule has 21 heavy (non-hydrogen) atoms. The van der Waals surface area contributed by atoms with Crippen molar-refractivity contribution >= 4 is 5.69 Å². The maximum atomic E-state index is 11.1. The van der Waals surface area contributed by atoms with Crippen LogP contribution in [-0.2, 0) is 0 Å². The highest BCUT2D eigenvalue weighted by atomic mass is 16.6. The number of aryl methyl sites for hydroxylation is 1. The number of benzene rings is 1. The van der Waals surface area contributed by atoms with Crippen molar-refractivity contribution in [3.63, 3.8) is 0 Å². The standard InChI is InChI=1S/C15H19N3O3/c1-11-5-6-14(13(8-11)18(19)20)21-12-4-3-7-15(9-12,10-16)17-2/h5-6,8,12,17H,3-4,7,9H2,1-2H3. The lowest BCUT2D eigenvalue weighted by molar-refractivity contribution is -0.386. The Bertz CT molecular complexity index is 582. The van der Waals surface area contributed by atoms with Crippen LogP contribution in [0.3, 0.4) is 0 Å². The van der Waals surface area contributed by atoms with Crippen LogP contribution in [0.4, 0.5) is 5.69 Å². The number of nitro benzene ring substituents is 1. The van der Waals surface area contributed by atoms with Crippen molar-refractivity contribution in [1.82, 2.24) is 5.32 Å². The van der Waals surface area contributed by atoms with Crippen molar-refractivity contribution in [3.05, 3.63) is 33.9 Å². The number of nitrogens with zero attached hydrogens (tertiary/aromatic N) is 2. The third-order valence-corrected chi connectivity index (χ3v) is 4.00. The smallest absolute Gasteiger partial charge is 0.311 e. The molecular weight excluding hydrogens is 270 g/mol. The van der Waals surface area contributed by atoms with Crippen LogP contribution < -0.4 is 10.1 Å². The van der Waals surface area contributed by atoms with E-state index in [2.05, 4.69) is 11.4 Å². The lowest BCUT2D eigenvalue weighted by Crippen LogP contribution is -2.48. The first-order valence-corrected chi connectivity index (χ1v) is 7.01. The van der Waals surface area contributed by atoms with Crippen LogP contribution in [0.5, 0.6) is 5.75 Å². The molecule has 0 radical (unpaired) electrons. The molecule has 1 aliphatic carbocycles. The molecule has 1 saturated carbocycles. The molecule has 6 heteroatoms. The van der Waals surface area contributed by atoms with Crippen molar-refractivity contribution in [2.45, 2.75) is 44.2 Å². The Hall–Kier alpha value is -2.13. The van der Waals surface area contributed by atoms with Crippen LogP contribution in [0.1, 0.15) is 31.2 Å². The van der Waals surface area contributed by atoms with Crippen molar-refractivity contribution in [3.8, 4) is 11.8 Å². The van der Waals surface area contributed by atoms with Crippen molar-refractivity contribution < 1.29 is 9.66 Å². The molecule has 6 nitrogen and oxygen atoms in total. The van der Waals surface area contributed by atoms with E-state index in [0.29, 0.717) is 6.42 Å². The van der Waals surface area contributed by atoms with Crippen LogP contribution in [0.2, 0.25) is 0 Å². The van der Waals surface area contributed by atoms with Crippen molar-refractivity contribution in [2.75, 3.05) is 7.05 Å². The van der Waals surface area contributed by atoms with Gasteiger partial charge in [-0.2, -0.15) is 5.26 Å². The molecule has 2 unspecified atom stereocenters. The van der Waals surface area contributed by atoms with Gasteiger partial charge < -0.3 is 10.1 Å². The molecule has 1 aliphatic rings. The highest BCUT2D eigenvalue weighted by Crippen LogP contribution is 2.34. The Labute approximate surface area is 123 Å². The number of hydrogen-bond acceptors (Lipinski definition) is 5. The second-order valence-corrected chi connectivity index (χ2v) is 5.51. The Kier molecular flexibility index (Phi) is 4.43. The average Bonchev–Trinajstić information content (AvgIpc) is 2.49. The van der Waals surface area contributed by atoms with Gasteiger partial charge in [-0.25, -0.2) is 0 Å². The summed E-state index contributed by atoms with van der Waals surface area (Å²) >= 11 is 0. The van der Waals surface area contributed by atoms with Crippen LogP contribution >= 0.6 is 0 Å². The third-order valence-electron chi connectivity index (χ3n) is 4.00. The number of hydrogen-bond donors (Lipinski definition) is 1. The van der Waals surface area contributed by atoms with E-state index in [9.17, 15) is 15.4 Å². The van der Waals surface area contributed by atoms with Gasteiger partial charge in [0.25, 0.3) is 0 Å². The number of rotatable bonds is 4. The Balaban J connectivity index is 2.19. The molecule has 1 aromatic carbocycles. The highest BCUT2D eigenvalue weighted by Gasteiger charge is 2.36. The number of nitro groups is 1. The molecule has 0 amide bonds. The van der Waals surface area contributed by atoms with Crippen LogP contribution in [0.15, 0.2) is 18.2 Å². The van der Waals surface area contributed by atoms with E-state index in [1.807, 2.05) is 0 Å². The van der Waals surface area contributed by atoms with Gasteiger partial charge in [-0.15, -0.1) is 0 Å². The molecule has 1 N–H and O–H groups in total. The summed E-state index contributed by atoms with van der Waals surface area (Å²) in [5.41, 5.74) is 0.203. The predicted molar refractivity (Wildman–Crippen MR) is 78.1 cm³/mol. The van der Waals surface area contributed by atoms with E-state index in [1.54, 1.807) is 26.1 Å². The molecule has 0 saturated heterocycles. The molecule has 0 aromatic heterocycles. The fraction of sp³-hybridized carbons (Fsp3) is 0.533.